The number of nitrogens with one attached hydrogen (secondary N) is 1. The molecule has 2 heterocycles. The average molecular weight is 269 g/mol. The first-order valence-corrected chi connectivity index (χ1v) is 7.07. The highest BCUT2D eigenvalue weighted by Gasteiger charge is 2.05. The van der Waals surface area contributed by atoms with E-state index in [2.05, 4.69) is 40.1 Å². The third-order valence-corrected chi connectivity index (χ3v) is 3.47. The molecule has 0 fully saturated rings. The molecule has 0 unspecified atom stereocenters. The van der Waals surface area contributed by atoms with E-state index in [0.717, 1.165) is 42.2 Å². The van der Waals surface area contributed by atoms with Gasteiger partial charge in [-0.05, 0) is 37.3 Å². The molecule has 0 atom stereocenters. The summed E-state index contributed by atoms with van der Waals surface area (Å²) in [6.07, 6.45) is 2.92. The summed E-state index contributed by atoms with van der Waals surface area (Å²) in [5.74, 6) is 0.789. The van der Waals surface area contributed by atoms with E-state index in [9.17, 15) is 0 Å². The van der Waals surface area contributed by atoms with Crippen molar-refractivity contribution in [2.45, 2.75) is 33.4 Å². The van der Waals surface area contributed by atoms with Crippen LogP contribution < -0.4 is 5.32 Å². The van der Waals surface area contributed by atoms with Crippen molar-refractivity contribution in [2.75, 3.05) is 5.32 Å². The van der Waals surface area contributed by atoms with Gasteiger partial charge >= 0.3 is 0 Å². The first kappa shape index (κ1) is 12.8. The number of rotatable bonds is 5. The standard InChI is InChI=1S/C16H19N3O/c1-3-16-18-14-10-12(7-8-15(14)20-16)17-11-13-6-5-9-19(13)4-2/h5-10,17H,3-4,11H2,1-2H3. The number of anilines is 1. The van der Waals surface area contributed by atoms with Gasteiger partial charge < -0.3 is 14.3 Å². The van der Waals surface area contributed by atoms with Crippen LogP contribution in [0.5, 0.6) is 0 Å². The van der Waals surface area contributed by atoms with Crippen molar-refractivity contribution in [2.24, 2.45) is 0 Å². The lowest BCUT2D eigenvalue weighted by atomic mass is 10.3. The highest BCUT2D eigenvalue weighted by atomic mass is 16.3. The van der Waals surface area contributed by atoms with Crippen LogP contribution in [0.1, 0.15) is 25.4 Å². The zero-order chi connectivity index (χ0) is 13.9. The summed E-state index contributed by atoms with van der Waals surface area (Å²) in [5, 5.41) is 3.44. The number of hydrogen-bond donors (Lipinski definition) is 1. The zero-order valence-electron chi connectivity index (χ0n) is 11.9. The summed E-state index contributed by atoms with van der Waals surface area (Å²) in [4.78, 5) is 4.46. The van der Waals surface area contributed by atoms with E-state index in [1.54, 1.807) is 0 Å². The fourth-order valence-electron chi connectivity index (χ4n) is 2.35. The van der Waals surface area contributed by atoms with Crippen LogP contribution in [0.15, 0.2) is 40.9 Å². The van der Waals surface area contributed by atoms with Crippen molar-refractivity contribution in [3.8, 4) is 0 Å². The summed E-state index contributed by atoms with van der Waals surface area (Å²) < 4.78 is 7.85. The van der Waals surface area contributed by atoms with Gasteiger partial charge in [0.1, 0.15) is 5.52 Å². The second-order valence-corrected chi connectivity index (χ2v) is 4.78. The van der Waals surface area contributed by atoms with Gasteiger partial charge in [0.25, 0.3) is 0 Å². The molecule has 0 radical (unpaired) electrons. The Morgan fingerprint density at radius 3 is 2.95 bits per heavy atom. The molecule has 0 aliphatic heterocycles. The van der Waals surface area contributed by atoms with E-state index in [0.29, 0.717) is 0 Å². The maximum absolute atomic E-state index is 5.62. The summed E-state index contributed by atoms with van der Waals surface area (Å²) in [7, 11) is 0. The van der Waals surface area contributed by atoms with Gasteiger partial charge in [-0.15, -0.1) is 0 Å². The minimum absolute atomic E-state index is 0.789. The van der Waals surface area contributed by atoms with Crippen molar-refractivity contribution in [3.63, 3.8) is 0 Å². The highest BCUT2D eigenvalue weighted by Crippen LogP contribution is 2.20. The van der Waals surface area contributed by atoms with Gasteiger partial charge in [0.15, 0.2) is 11.5 Å². The van der Waals surface area contributed by atoms with Crippen LogP contribution in [0.25, 0.3) is 11.1 Å². The Labute approximate surface area is 118 Å². The summed E-state index contributed by atoms with van der Waals surface area (Å²) in [6.45, 7) is 6.00. The molecule has 0 spiro atoms. The normalized spacial score (nSPS) is 11.1. The molecule has 104 valence electrons. The van der Waals surface area contributed by atoms with Crippen molar-refractivity contribution >= 4 is 16.8 Å². The number of aryl methyl sites for hydroxylation is 2. The molecule has 4 heteroatoms. The van der Waals surface area contributed by atoms with E-state index < -0.39 is 0 Å². The lowest BCUT2D eigenvalue weighted by Gasteiger charge is -2.09. The number of hydrogen-bond acceptors (Lipinski definition) is 3. The zero-order valence-corrected chi connectivity index (χ0v) is 11.9. The third kappa shape index (κ3) is 2.41. The summed E-state index contributed by atoms with van der Waals surface area (Å²) in [5.41, 5.74) is 4.11. The molecule has 0 saturated carbocycles. The second-order valence-electron chi connectivity index (χ2n) is 4.78. The predicted molar refractivity (Wildman–Crippen MR) is 80.8 cm³/mol. The Morgan fingerprint density at radius 1 is 1.25 bits per heavy atom. The van der Waals surface area contributed by atoms with E-state index in [1.165, 1.54) is 5.69 Å². The number of benzene rings is 1. The van der Waals surface area contributed by atoms with Gasteiger partial charge in [-0.1, -0.05) is 6.92 Å². The van der Waals surface area contributed by atoms with Gasteiger partial charge in [-0.2, -0.15) is 0 Å². The van der Waals surface area contributed by atoms with Crippen molar-refractivity contribution in [1.82, 2.24) is 9.55 Å². The van der Waals surface area contributed by atoms with Gasteiger partial charge in [-0.3, -0.25) is 0 Å². The Hall–Kier alpha value is -2.23. The molecule has 3 aromatic rings. The third-order valence-electron chi connectivity index (χ3n) is 3.47. The van der Waals surface area contributed by atoms with Crippen LogP contribution in [0.2, 0.25) is 0 Å². The maximum atomic E-state index is 5.62. The van der Waals surface area contributed by atoms with Crippen LogP contribution in [-0.4, -0.2) is 9.55 Å². The molecule has 0 aliphatic rings. The minimum atomic E-state index is 0.789. The van der Waals surface area contributed by atoms with Crippen molar-refractivity contribution in [1.29, 1.82) is 0 Å². The number of fused-ring (bicyclic) bond motifs is 1. The Kier molecular flexibility index (Phi) is 3.46. The SMILES string of the molecule is CCc1nc2cc(NCc3cccn3CC)ccc2o1. The van der Waals surface area contributed by atoms with Gasteiger partial charge in [0.2, 0.25) is 0 Å². The lowest BCUT2D eigenvalue weighted by Crippen LogP contribution is -2.05. The van der Waals surface area contributed by atoms with Crippen LogP contribution >= 0.6 is 0 Å². The Balaban J connectivity index is 1.77. The molecule has 20 heavy (non-hydrogen) atoms. The molecule has 4 nitrogen and oxygen atoms in total. The molecule has 1 aromatic carbocycles. The number of oxazole rings is 1. The van der Waals surface area contributed by atoms with Crippen LogP contribution in [0, 0.1) is 0 Å². The quantitative estimate of drug-likeness (QED) is 0.765. The summed E-state index contributed by atoms with van der Waals surface area (Å²) in [6, 6.07) is 10.3. The molecule has 1 N–H and O–H groups in total. The molecule has 2 aromatic heterocycles. The van der Waals surface area contributed by atoms with Crippen molar-refractivity contribution in [3.05, 3.63) is 48.1 Å². The van der Waals surface area contributed by atoms with Crippen molar-refractivity contribution < 1.29 is 4.42 Å². The number of nitrogens with zero attached hydrogens (tertiary/aromatic N) is 2. The van der Waals surface area contributed by atoms with Gasteiger partial charge in [0.05, 0.1) is 6.54 Å². The monoisotopic (exact) mass is 269 g/mol. The minimum Gasteiger partial charge on any atom is -0.441 e. The largest absolute Gasteiger partial charge is 0.441 e. The van der Waals surface area contributed by atoms with Crippen LogP contribution in [-0.2, 0) is 19.5 Å². The second kappa shape index (κ2) is 5.41. The molecule has 0 amide bonds. The highest BCUT2D eigenvalue weighted by molar-refractivity contribution is 5.77. The average Bonchev–Trinajstić information content (AvgIpc) is 3.10. The van der Waals surface area contributed by atoms with E-state index >= 15 is 0 Å². The fourth-order valence-corrected chi connectivity index (χ4v) is 2.35. The lowest BCUT2D eigenvalue weighted by molar-refractivity contribution is 0.538. The summed E-state index contributed by atoms with van der Waals surface area (Å²) >= 11 is 0. The Bertz CT molecular complexity index is 711. The van der Waals surface area contributed by atoms with Gasteiger partial charge in [-0.25, -0.2) is 4.98 Å². The topological polar surface area (TPSA) is 43.0 Å². The number of aromatic nitrogens is 2. The Morgan fingerprint density at radius 2 is 2.15 bits per heavy atom. The molecule has 0 aliphatic carbocycles. The fraction of sp³-hybridized carbons (Fsp3) is 0.312. The smallest absolute Gasteiger partial charge is 0.195 e. The molecule has 0 bridgehead atoms. The first-order chi connectivity index (χ1) is 9.80. The predicted octanol–water partition coefficient (Wildman–Crippen LogP) is 3.82. The molecule has 3 rings (SSSR count). The van der Waals surface area contributed by atoms with Crippen LogP contribution in [0.3, 0.4) is 0 Å². The van der Waals surface area contributed by atoms with E-state index in [4.69, 9.17) is 4.42 Å². The molecule has 0 saturated heterocycles. The maximum Gasteiger partial charge on any atom is 0.195 e. The van der Waals surface area contributed by atoms with E-state index in [-0.39, 0.29) is 0 Å². The van der Waals surface area contributed by atoms with E-state index in [1.807, 2.05) is 25.1 Å². The molecular weight excluding hydrogens is 250 g/mol. The van der Waals surface area contributed by atoms with Crippen LogP contribution in [0.4, 0.5) is 5.69 Å². The van der Waals surface area contributed by atoms with Gasteiger partial charge in [0, 0.05) is 30.5 Å². The first-order valence-electron chi connectivity index (χ1n) is 7.07. The molecular formula is C16H19N3O.